The summed E-state index contributed by atoms with van der Waals surface area (Å²) >= 11 is 0. The van der Waals surface area contributed by atoms with Crippen molar-refractivity contribution >= 4 is 12.0 Å². The number of carbonyl (C=O) groups is 1. The highest BCUT2D eigenvalue weighted by Crippen LogP contribution is 2.18. The van der Waals surface area contributed by atoms with Crippen LogP contribution in [0.25, 0.3) is 0 Å². The Kier molecular flexibility index (Phi) is 4.86. The normalized spacial score (nSPS) is 10.0. The molecule has 116 valence electrons. The second kappa shape index (κ2) is 7.02. The first-order valence-electron chi connectivity index (χ1n) is 6.36. The van der Waals surface area contributed by atoms with Crippen LogP contribution >= 0.6 is 0 Å². The van der Waals surface area contributed by atoms with Gasteiger partial charge in [0.05, 0.1) is 6.54 Å². The van der Waals surface area contributed by atoms with Gasteiger partial charge in [0.25, 0.3) is 0 Å². The smallest absolute Gasteiger partial charge is 0.407 e. The molecule has 1 aromatic heterocycles. The van der Waals surface area contributed by atoms with E-state index in [9.17, 15) is 15.0 Å². The molecule has 0 saturated carbocycles. The largest absolute Gasteiger partial charge is 0.492 e. The summed E-state index contributed by atoms with van der Waals surface area (Å²) in [4.78, 5) is 16.3. The molecule has 8 nitrogen and oxygen atoms in total. The van der Waals surface area contributed by atoms with E-state index in [0.717, 1.165) is 5.56 Å². The maximum absolute atomic E-state index is 11.5. The lowest BCUT2D eigenvalue weighted by atomic mass is 10.2. The summed E-state index contributed by atoms with van der Waals surface area (Å²) in [6, 6.07) is 11.5. The van der Waals surface area contributed by atoms with Gasteiger partial charge in [0.1, 0.15) is 6.61 Å². The topological polar surface area (TPSA) is 117 Å². The number of aromatic nitrogens is 1. The maximum Gasteiger partial charge on any atom is 0.407 e. The molecule has 0 spiro atoms. The third kappa shape index (κ3) is 4.17. The fourth-order valence-electron chi connectivity index (χ4n) is 1.56. The number of benzene rings is 1. The van der Waals surface area contributed by atoms with E-state index in [1.165, 1.54) is 12.1 Å². The summed E-state index contributed by atoms with van der Waals surface area (Å²) in [6.07, 6.45) is -0.710. The Labute approximate surface area is 126 Å². The average Bonchev–Trinajstić information content (AvgIpc) is 2.84. The maximum atomic E-state index is 11.5. The van der Waals surface area contributed by atoms with E-state index in [-0.39, 0.29) is 24.9 Å². The monoisotopic (exact) mass is 305 g/mol. The van der Waals surface area contributed by atoms with Crippen LogP contribution in [0.15, 0.2) is 42.5 Å². The summed E-state index contributed by atoms with van der Waals surface area (Å²) in [7, 11) is 0. The number of aromatic hydroxyl groups is 2. The molecule has 0 aliphatic rings. The van der Waals surface area contributed by atoms with Gasteiger partial charge in [0, 0.05) is 12.1 Å². The summed E-state index contributed by atoms with van der Waals surface area (Å²) in [5.74, 6) is -1.12. The van der Waals surface area contributed by atoms with Gasteiger partial charge >= 0.3 is 6.09 Å². The van der Waals surface area contributed by atoms with Crippen molar-refractivity contribution in [1.29, 1.82) is 5.41 Å². The van der Waals surface area contributed by atoms with E-state index < -0.39 is 12.0 Å². The SMILES string of the molecule is N=C(CNC(=O)OCc1ccccc1)On1c(O)ccc1O. The van der Waals surface area contributed by atoms with Crippen molar-refractivity contribution in [3.05, 3.63) is 48.0 Å². The predicted octanol–water partition coefficient (Wildman–Crippen LogP) is 1.23. The molecule has 2 rings (SSSR count). The first-order valence-corrected chi connectivity index (χ1v) is 6.36. The lowest BCUT2D eigenvalue weighted by Crippen LogP contribution is -2.34. The standard InChI is InChI=1S/C14H15N3O5/c15-11(22-17-12(18)6-7-13(17)19)8-16-14(20)21-9-10-4-2-1-3-5-10/h1-7,15,18-19H,8-9H2,(H,16,20). The lowest BCUT2D eigenvalue weighted by Gasteiger charge is -2.10. The highest BCUT2D eigenvalue weighted by atomic mass is 16.7. The molecule has 4 N–H and O–H groups in total. The summed E-state index contributed by atoms with van der Waals surface area (Å²) in [6.45, 7) is -0.148. The molecule has 1 heterocycles. The van der Waals surface area contributed by atoms with Crippen LogP contribution in [0.3, 0.4) is 0 Å². The molecule has 0 radical (unpaired) electrons. The zero-order chi connectivity index (χ0) is 15.9. The molecule has 2 aromatic rings. The number of hydrogen-bond acceptors (Lipinski definition) is 6. The van der Waals surface area contributed by atoms with Crippen LogP contribution in [0.2, 0.25) is 0 Å². The van der Waals surface area contributed by atoms with E-state index in [2.05, 4.69) is 5.32 Å². The molecule has 0 unspecified atom stereocenters. The number of ether oxygens (including phenoxy) is 1. The highest BCUT2D eigenvalue weighted by molar-refractivity contribution is 5.80. The first-order chi connectivity index (χ1) is 10.6. The average molecular weight is 305 g/mol. The van der Waals surface area contributed by atoms with E-state index in [1.54, 1.807) is 0 Å². The number of nitrogens with one attached hydrogen (secondary N) is 2. The Morgan fingerprint density at radius 1 is 1.14 bits per heavy atom. The minimum absolute atomic E-state index is 0.111. The molecule has 0 bridgehead atoms. The van der Waals surface area contributed by atoms with E-state index in [1.807, 2.05) is 30.3 Å². The highest BCUT2D eigenvalue weighted by Gasteiger charge is 2.11. The van der Waals surface area contributed by atoms with Crippen molar-refractivity contribution in [3.8, 4) is 11.8 Å². The van der Waals surface area contributed by atoms with Gasteiger partial charge in [-0.05, 0) is 5.56 Å². The lowest BCUT2D eigenvalue weighted by molar-refractivity contribution is 0.139. The fraction of sp³-hybridized carbons (Fsp3) is 0.143. The van der Waals surface area contributed by atoms with Crippen molar-refractivity contribution in [2.45, 2.75) is 6.61 Å². The molecular formula is C14H15N3O5. The Hall–Kier alpha value is -3.16. The van der Waals surface area contributed by atoms with Gasteiger partial charge in [-0.1, -0.05) is 30.3 Å². The van der Waals surface area contributed by atoms with Crippen LogP contribution in [-0.2, 0) is 11.3 Å². The van der Waals surface area contributed by atoms with Crippen LogP contribution < -0.4 is 10.2 Å². The van der Waals surface area contributed by atoms with Crippen LogP contribution in [0.4, 0.5) is 4.79 Å². The van der Waals surface area contributed by atoms with E-state index in [4.69, 9.17) is 15.0 Å². The van der Waals surface area contributed by atoms with Crippen molar-refractivity contribution in [1.82, 2.24) is 10.0 Å². The molecule has 0 atom stereocenters. The molecule has 0 fully saturated rings. The Bertz CT molecular complexity index is 634. The van der Waals surface area contributed by atoms with Crippen molar-refractivity contribution in [2.75, 3.05) is 6.54 Å². The Balaban J connectivity index is 1.73. The van der Waals surface area contributed by atoms with Gasteiger partial charge in [0.15, 0.2) is 0 Å². The van der Waals surface area contributed by atoms with Crippen LogP contribution in [-0.4, -0.2) is 33.5 Å². The quantitative estimate of drug-likeness (QED) is 0.489. The van der Waals surface area contributed by atoms with Crippen molar-refractivity contribution in [3.63, 3.8) is 0 Å². The third-order valence-corrected chi connectivity index (χ3v) is 2.61. The van der Waals surface area contributed by atoms with Crippen LogP contribution in [0.5, 0.6) is 11.8 Å². The number of alkyl carbamates (subject to hydrolysis) is 1. The molecular weight excluding hydrogens is 290 g/mol. The van der Waals surface area contributed by atoms with E-state index >= 15 is 0 Å². The van der Waals surface area contributed by atoms with Gasteiger partial charge in [0.2, 0.25) is 17.7 Å². The van der Waals surface area contributed by atoms with Crippen molar-refractivity contribution in [2.24, 2.45) is 0 Å². The molecule has 0 aliphatic heterocycles. The molecule has 0 aliphatic carbocycles. The van der Waals surface area contributed by atoms with Gasteiger partial charge < -0.3 is 25.1 Å². The minimum atomic E-state index is -0.710. The second-order valence-corrected chi connectivity index (χ2v) is 4.27. The summed E-state index contributed by atoms with van der Waals surface area (Å²) < 4.78 is 5.61. The molecule has 22 heavy (non-hydrogen) atoms. The number of carbonyl (C=O) groups excluding carboxylic acids is 1. The van der Waals surface area contributed by atoms with Gasteiger partial charge in [-0.2, -0.15) is 0 Å². The summed E-state index contributed by atoms with van der Waals surface area (Å²) in [5, 5.41) is 28.5. The molecule has 1 aromatic carbocycles. The third-order valence-electron chi connectivity index (χ3n) is 2.61. The van der Waals surface area contributed by atoms with Crippen LogP contribution in [0, 0.1) is 5.41 Å². The summed E-state index contributed by atoms with van der Waals surface area (Å²) in [5.41, 5.74) is 0.839. The molecule has 0 saturated heterocycles. The van der Waals surface area contributed by atoms with Crippen LogP contribution in [0.1, 0.15) is 5.56 Å². The van der Waals surface area contributed by atoms with Gasteiger partial charge in [-0.3, -0.25) is 5.41 Å². The fourth-order valence-corrected chi connectivity index (χ4v) is 1.56. The molecule has 1 amide bonds. The number of rotatable bonds is 5. The first kappa shape index (κ1) is 15.2. The number of hydrogen-bond donors (Lipinski definition) is 4. The Morgan fingerprint density at radius 3 is 2.41 bits per heavy atom. The Morgan fingerprint density at radius 2 is 1.77 bits per heavy atom. The van der Waals surface area contributed by atoms with Crippen molar-refractivity contribution < 1.29 is 24.6 Å². The minimum Gasteiger partial charge on any atom is -0.492 e. The second-order valence-electron chi connectivity index (χ2n) is 4.27. The molecule has 8 heteroatoms. The zero-order valence-electron chi connectivity index (χ0n) is 11.5. The van der Waals surface area contributed by atoms with E-state index in [0.29, 0.717) is 4.73 Å². The number of amides is 1. The predicted molar refractivity (Wildman–Crippen MR) is 76.7 cm³/mol. The zero-order valence-corrected chi connectivity index (χ0v) is 11.5. The van der Waals surface area contributed by atoms with Gasteiger partial charge in [-0.15, -0.1) is 4.73 Å². The number of nitrogens with zero attached hydrogens (tertiary/aromatic N) is 1. The van der Waals surface area contributed by atoms with Gasteiger partial charge in [-0.25, -0.2) is 4.79 Å².